The SMILES string of the molecule is CCCCN(C)S(=O)(=O)c1ccc2c(c1)nc(SCc1ccc(C)cc1)n2C1CCCC1. The van der Waals surface area contributed by atoms with Crippen molar-refractivity contribution in [2.45, 2.75) is 74.2 Å². The van der Waals surface area contributed by atoms with E-state index in [0.29, 0.717) is 17.5 Å². The van der Waals surface area contributed by atoms with Crippen LogP contribution in [0, 0.1) is 6.92 Å². The topological polar surface area (TPSA) is 55.2 Å². The summed E-state index contributed by atoms with van der Waals surface area (Å²) < 4.78 is 29.9. The van der Waals surface area contributed by atoms with Crippen LogP contribution in [0.4, 0.5) is 0 Å². The van der Waals surface area contributed by atoms with E-state index in [1.165, 1.54) is 28.3 Å². The van der Waals surface area contributed by atoms with E-state index in [9.17, 15) is 8.42 Å². The van der Waals surface area contributed by atoms with Gasteiger partial charge in [0.25, 0.3) is 0 Å². The first-order valence-electron chi connectivity index (χ1n) is 11.6. The second kappa shape index (κ2) is 9.98. The fourth-order valence-electron chi connectivity index (χ4n) is 4.35. The van der Waals surface area contributed by atoms with Gasteiger partial charge >= 0.3 is 0 Å². The van der Waals surface area contributed by atoms with Crippen molar-refractivity contribution in [3.63, 3.8) is 0 Å². The minimum absolute atomic E-state index is 0.328. The third kappa shape index (κ3) is 4.90. The first-order valence-corrected chi connectivity index (χ1v) is 14.0. The number of hydrogen-bond donors (Lipinski definition) is 0. The van der Waals surface area contributed by atoms with Gasteiger partial charge in [-0.2, -0.15) is 0 Å². The van der Waals surface area contributed by atoms with Crippen LogP contribution in [0.15, 0.2) is 52.5 Å². The first kappa shape index (κ1) is 23.3. The number of thioether (sulfide) groups is 1. The van der Waals surface area contributed by atoms with E-state index < -0.39 is 10.0 Å². The van der Waals surface area contributed by atoms with Crippen molar-refractivity contribution in [3.8, 4) is 0 Å². The van der Waals surface area contributed by atoms with Crippen molar-refractivity contribution in [2.24, 2.45) is 0 Å². The molecular formula is C25H33N3O2S2. The number of aromatic nitrogens is 2. The molecule has 0 N–H and O–H groups in total. The molecule has 32 heavy (non-hydrogen) atoms. The van der Waals surface area contributed by atoms with Crippen molar-refractivity contribution < 1.29 is 8.42 Å². The summed E-state index contributed by atoms with van der Waals surface area (Å²) in [6, 6.07) is 14.5. The molecule has 0 spiro atoms. The molecule has 5 nitrogen and oxygen atoms in total. The van der Waals surface area contributed by atoms with Gasteiger partial charge < -0.3 is 4.57 Å². The first-order chi connectivity index (χ1) is 15.4. The van der Waals surface area contributed by atoms with Crippen LogP contribution in [0.2, 0.25) is 0 Å². The number of hydrogen-bond acceptors (Lipinski definition) is 4. The maximum absolute atomic E-state index is 13.1. The summed E-state index contributed by atoms with van der Waals surface area (Å²) in [5, 5.41) is 0.987. The second-order valence-electron chi connectivity index (χ2n) is 8.81. The minimum atomic E-state index is -3.51. The minimum Gasteiger partial charge on any atom is -0.316 e. The Kier molecular flexibility index (Phi) is 7.27. The Labute approximate surface area is 196 Å². The van der Waals surface area contributed by atoms with Crippen LogP contribution >= 0.6 is 11.8 Å². The molecule has 1 aliphatic rings. The van der Waals surface area contributed by atoms with Crippen LogP contribution in [-0.4, -0.2) is 35.9 Å². The molecule has 2 aromatic carbocycles. The smallest absolute Gasteiger partial charge is 0.242 e. The van der Waals surface area contributed by atoms with E-state index in [0.717, 1.165) is 47.6 Å². The molecule has 7 heteroatoms. The molecule has 0 bridgehead atoms. The molecule has 172 valence electrons. The number of rotatable bonds is 9. The van der Waals surface area contributed by atoms with E-state index in [-0.39, 0.29) is 0 Å². The molecule has 1 fully saturated rings. The van der Waals surface area contributed by atoms with Gasteiger partial charge in [-0.25, -0.2) is 17.7 Å². The summed E-state index contributed by atoms with van der Waals surface area (Å²) in [5.41, 5.74) is 4.34. The monoisotopic (exact) mass is 471 g/mol. The zero-order chi connectivity index (χ0) is 22.7. The molecule has 1 heterocycles. The highest BCUT2D eigenvalue weighted by molar-refractivity contribution is 7.98. The zero-order valence-corrected chi connectivity index (χ0v) is 20.9. The van der Waals surface area contributed by atoms with Crippen LogP contribution in [-0.2, 0) is 15.8 Å². The Morgan fingerprint density at radius 1 is 1.12 bits per heavy atom. The number of sulfonamides is 1. The van der Waals surface area contributed by atoms with Crippen LogP contribution in [0.25, 0.3) is 11.0 Å². The van der Waals surface area contributed by atoms with Crippen LogP contribution in [0.3, 0.4) is 0 Å². The lowest BCUT2D eigenvalue weighted by atomic mass is 10.2. The highest BCUT2D eigenvalue weighted by Gasteiger charge is 2.25. The number of aryl methyl sites for hydroxylation is 1. The van der Waals surface area contributed by atoms with Gasteiger partial charge in [0.05, 0.1) is 15.9 Å². The predicted molar refractivity (Wildman–Crippen MR) is 133 cm³/mol. The lowest BCUT2D eigenvalue weighted by molar-refractivity contribution is 0.459. The summed E-state index contributed by atoms with van der Waals surface area (Å²) in [6.07, 6.45) is 6.61. The fraction of sp³-hybridized carbons (Fsp3) is 0.480. The largest absolute Gasteiger partial charge is 0.316 e. The molecule has 1 aliphatic carbocycles. The molecule has 0 radical (unpaired) electrons. The quantitative estimate of drug-likeness (QED) is 0.350. The van der Waals surface area contributed by atoms with E-state index in [1.807, 2.05) is 6.07 Å². The Balaban J connectivity index is 1.67. The second-order valence-corrected chi connectivity index (χ2v) is 11.8. The van der Waals surface area contributed by atoms with Gasteiger partial charge in [0, 0.05) is 25.4 Å². The highest BCUT2D eigenvalue weighted by atomic mass is 32.2. The average Bonchev–Trinajstić information content (AvgIpc) is 3.43. The number of unbranched alkanes of at least 4 members (excludes halogenated alkanes) is 1. The molecule has 4 rings (SSSR count). The van der Waals surface area contributed by atoms with Gasteiger partial charge in [0.2, 0.25) is 10.0 Å². The lowest BCUT2D eigenvalue weighted by Crippen LogP contribution is -2.27. The third-order valence-corrected chi connectivity index (χ3v) is 9.22. The Bertz CT molecular complexity index is 1160. The van der Waals surface area contributed by atoms with Gasteiger partial charge in [-0.3, -0.25) is 0 Å². The van der Waals surface area contributed by atoms with E-state index >= 15 is 0 Å². The van der Waals surface area contributed by atoms with Crippen LogP contribution in [0.1, 0.15) is 62.6 Å². The molecule has 0 unspecified atom stereocenters. The number of fused-ring (bicyclic) bond motifs is 1. The molecule has 0 aliphatic heterocycles. The number of benzene rings is 2. The van der Waals surface area contributed by atoms with Gasteiger partial charge in [-0.15, -0.1) is 0 Å². The van der Waals surface area contributed by atoms with Crippen molar-refractivity contribution >= 4 is 32.8 Å². The van der Waals surface area contributed by atoms with Crippen LogP contribution in [0.5, 0.6) is 0 Å². The summed E-state index contributed by atoms with van der Waals surface area (Å²) >= 11 is 1.74. The maximum Gasteiger partial charge on any atom is 0.242 e. The molecule has 1 aromatic heterocycles. The van der Waals surface area contributed by atoms with Crippen molar-refractivity contribution in [3.05, 3.63) is 53.6 Å². The number of nitrogens with zero attached hydrogens (tertiary/aromatic N) is 3. The average molecular weight is 472 g/mol. The van der Waals surface area contributed by atoms with Crippen LogP contribution < -0.4 is 0 Å². The molecule has 3 aromatic rings. The third-order valence-electron chi connectivity index (χ3n) is 6.34. The highest BCUT2D eigenvalue weighted by Crippen LogP contribution is 2.38. The molecule has 0 amide bonds. The van der Waals surface area contributed by atoms with E-state index in [1.54, 1.807) is 30.9 Å². The van der Waals surface area contributed by atoms with Crippen molar-refractivity contribution in [1.82, 2.24) is 13.9 Å². The Morgan fingerprint density at radius 2 is 1.84 bits per heavy atom. The molecule has 1 saturated carbocycles. The van der Waals surface area contributed by atoms with Gasteiger partial charge in [-0.1, -0.05) is 67.8 Å². The van der Waals surface area contributed by atoms with Crippen molar-refractivity contribution in [2.75, 3.05) is 13.6 Å². The fourth-order valence-corrected chi connectivity index (χ4v) is 6.61. The molecule has 0 atom stereocenters. The standard InChI is InChI=1S/C25H33N3O2S2/c1-4-5-16-27(3)32(29,30)22-14-15-24-23(17-22)26-25(28(24)21-8-6-7-9-21)31-18-20-12-10-19(2)11-13-20/h10-15,17,21H,4-9,16,18H2,1-3H3. The summed E-state index contributed by atoms with van der Waals surface area (Å²) in [6.45, 7) is 4.70. The van der Waals surface area contributed by atoms with Gasteiger partial charge in [0.1, 0.15) is 0 Å². The normalized spacial score (nSPS) is 15.2. The van der Waals surface area contributed by atoms with E-state index in [4.69, 9.17) is 4.98 Å². The summed E-state index contributed by atoms with van der Waals surface area (Å²) in [7, 11) is -1.85. The predicted octanol–water partition coefficient (Wildman–Crippen LogP) is 6.17. The van der Waals surface area contributed by atoms with E-state index in [2.05, 4.69) is 42.7 Å². The van der Waals surface area contributed by atoms with Crippen molar-refractivity contribution in [1.29, 1.82) is 0 Å². The van der Waals surface area contributed by atoms with Gasteiger partial charge in [-0.05, 0) is 49.9 Å². The summed E-state index contributed by atoms with van der Waals surface area (Å²) in [4.78, 5) is 5.26. The Hall–Kier alpha value is -1.83. The zero-order valence-electron chi connectivity index (χ0n) is 19.3. The maximum atomic E-state index is 13.1. The molecular weight excluding hydrogens is 438 g/mol. The Morgan fingerprint density at radius 3 is 2.53 bits per heavy atom. The van der Waals surface area contributed by atoms with Gasteiger partial charge in [0.15, 0.2) is 5.16 Å². The molecule has 0 saturated heterocycles. The number of imidazole rings is 1. The summed E-state index contributed by atoms with van der Waals surface area (Å²) in [5.74, 6) is 0.848. The lowest BCUT2D eigenvalue weighted by Gasteiger charge is -2.18.